The fourth-order valence-electron chi connectivity index (χ4n) is 1.47. The van der Waals surface area contributed by atoms with Gasteiger partial charge < -0.3 is 11.1 Å². The number of nitrogens with two attached hydrogens (primary N) is 1. The summed E-state index contributed by atoms with van der Waals surface area (Å²) in [6.07, 6.45) is 8.58. The third-order valence-corrected chi connectivity index (χ3v) is 2.46. The SMILES string of the molecule is CCCCCC(=O)NCCCCCCN. The molecule has 0 heterocycles. The second-order valence-electron chi connectivity index (χ2n) is 4.01. The summed E-state index contributed by atoms with van der Waals surface area (Å²) in [5, 5.41) is 2.95. The summed E-state index contributed by atoms with van der Waals surface area (Å²) < 4.78 is 0. The van der Waals surface area contributed by atoms with Crippen molar-refractivity contribution in [3.63, 3.8) is 0 Å². The Kier molecular flexibility index (Phi) is 11.1. The van der Waals surface area contributed by atoms with Gasteiger partial charge in [-0.25, -0.2) is 0 Å². The van der Waals surface area contributed by atoms with Crippen LogP contribution in [-0.2, 0) is 4.79 Å². The van der Waals surface area contributed by atoms with E-state index in [4.69, 9.17) is 5.73 Å². The van der Waals surface area contributed by atoms with Crippen molar-refractivity contribution in [2.45, 2.75) is 58.3 Å². The predicted molar refractivity (Wildman–Crippen MR) is 64.7 cm³/mol. The fraction of sp³-hybridized carbons (Fsp3) is 0.917. The third-order valence-electron chi connectivity index (χ3n) is 2.46. The van der Waals surface area contributed by atoms with E-state index in [1.807, 2.05) is 0 Å². The van der Waals surface area contributed by atoms with Gasteiger partial charge in [0.2, 0.25) is 5.91 Å². The molecule has 0 aliphatic heterocycles. The number of unbranched alkanes of at least 4 members (excludes halogenated alkanes) is 5. The van der Waals surface area contributed by atoms with Crippen LogP contribution in [0.3, 0.4) is 0 Å². The summed E-state index contributed by atoms with van der Waals surface area (Å²) in [6.45, 7) is 3.76. The first-order valence-electron chi connectivity index (χ1n) is 6.28. The number of hydrogen-bond acceptors (Lipinski definition) is 2. The Balaban J connectivity index is 3.10. The van der Waals surface area contributed by atoms with Crippen LogP contribution in [0.1, 0.15) is 58.3 Å². The van der Waals surface area contributed by atoms with Crippen molar-refractivity contribution in [1.29, 1.82) is 0 Å². The lowest BCUT2D eigenvalue weighted by Crippen LogP contribution is -2.23. The van der Waals surface area contributed by atoms with Crippen LogP contribution in [0, 0.1) is 0 Å². The summed E-state index contributed by atoms with van der Waals surface area (Å²) in [7, 11) is 0. The average Bonchev–Trinajstić information content (AvgIpc) is 2.23. The van der Waals surface area contributed by atoms with Gasteiger partial charge in [-0.15, -0.1) is 0 Å². The number of amides is 1. The molecule has 0 atom stereocenters. The second kappa shape index (κ2) is 11.5. The molecule has 0 bridgehead atoms. The van der Waals surface area contributed by atoms with Crippen LogP contribution in [0.2, 0.25) is 0 Å². The van der Waals surface area contributed by atoms with Crippen molar-refractivity contribution in [2.24, 2.45) is 5.73 Å². The van der Waals surface area contributed by atoms with Gasteiger partial charge >= 0.3 is 0 Å². The molecule has 1 amide bonds. The molecule has 0 unspecified atom stereocenters. The molecule has 0 radical (unpaired) electrons. The van der Waals surface area contributed by atoms with Gasteiger partial charge in [-0.3, -0.25) is 4.79 Å². The molecule has 0 saturated carbocycles. The van der Waals surface area contributed by atoms with Gasteiger partial charge in [0, 0.05) is 13.0 Å². The second-order valence-corrected chi connectivity index (χ2v) is 4.01. The minimum atomic E-state index is 0.210. The standard InChI is InChI=1S/C12H26N2O/c1-2-3-6-9-12(15)14-11-8-5-4-7-10-13/h2-11,13H2,1H3,(H,14,15). The zero-order valence-electron chi connectivity index (χ0n) is 10.1. The number of carbonyl (C=O) groups excluding carboxylic acids is 1. The van der Waals surface area contributed by atoms with Gasteiger partial charge in [0.25, 0.3) is 0 Å². The Bertz CT molecular complexity index is 149. The van der Waals surface area contributed by atoms with E-state index in [2.05, 4.69) is 12.2 Å². The molecule has 0 aromatic carbocycles. The smallest absolute Gasteiger partial charge is 0.219 e. The summed E-state index contributed by atoms with van der Waals surface area (Å²) in [4.78, 5) is 11.3. The van der Waals surface area contributed by atoms with Crippen LogP contribution in [-0.4, -0.2) is 19.0 Å². The molecule has 0 fully saturated rings. The number of hydrogen-bond donors (Lipinski definition) is 2. The van der Waals surface area contributed by atoms with E-state index in [9.17, 15) is 4.79 Å². The molecule has 3 nitrogen and oxygen atoms in total. The van der Waals surface area contributed by atoms with E-state index in [1.54, 1.807) is 0 Å². The fourth-order valence-corrected chi connectivity index (χ4v) is 1.47. The van der Waals surface area contributed by atoms with E-state index in [1.165, 1.54) is 19.3 Å². The van der Waals surface area contributed by atoms with E-state index < -0.39 is 0 Å². The van der Waals surface area contributed by atoms with Crippen LogP contribution in [0.25, 0.3) is 0 Å². The van der Waals surface area contributed by atoms with Crippen molar-refractivity contribution < 1.29 is 4.79 Å². The summed E-state index contributed by atoms with van der Waals surface area (Å²) >= 11 is 0. The van der Waals surface area contributed by atoms with Crippen molar-refractivity contribution >= 4 is 5.91 Å². The lowest BCUT2D eigenvalue weighted by atomic mass is 10.2. The Hall–Kier alpha value is -0.570. The van der Waals surface area contributed by atoms with Crippen LogP contribution < -0.4 is 11.1 Å². The van der Waals surface area contributed by atoms with Crippen molar-refractivity contribution in [1.82, 2.24) is 5.32 Å². The van der Waals surface area contributed by atoms with Crippen molar-refractivity contribution in [3.05, 3.63) is 0 Å². The van der Waals surface area contributed by atoms with Gasteiger partial charge in [-0.05, 0) is 25.8 Å². The minimum Gasteiger partial charge on any atom is -0.356 e. The van der Waals surface area contributed by atoms with Crippen LogP contribution in [0.4, 0.5) is 0 Å². The van der Waals surface area contributed by atoms with E-state index in [0.717, 1.165) is 38.8 Å². The van der Waals surface area contributed by atoms with Gasteiger partial charge in [0.15, 0.2) is 0 Å². The average molecular weight is 214 g/mol. The van der Waals surface area contributed by atoms with E-state index in [-0.39, 0.29) is 5.91 Å². The zero-order chi connectivity index (χ0) is 11.4. The number of nitrogens with one attached hydrogen (secondary N) is 1. The lowest BCUT2D eigenvalue weighted by molar-refractivity contribution is -0.121. The molecule has 0 rings (SSSR count). The van der Waals surface area contributed by atoms with Gasteiger partial charge in [0.05, 0.1) is 0 Å². The van der Waals surface area contributed by atoms with Crippen LogP contribution in [0.15, 0.2) is 0 Å². The molecule has 15 heavy (non-hydrogen) atoms. The van der Waals surface area contributed by atoms with Crippen LogP contribution in [0.5, 0.6) is 0 Å². The predicted octanol–water partition coefficient (Wildman–Crippen LogP) is 2.20. The monoisotopic (exact) mass is 214 g/mol. The van der Waals surface area contributed by atoms with Crippen molar-refractivity contribution in [3.8, 4) is 0 Å². The molecular weight excluding hydrogens is 188 g/mol. The summed E-state index contributed by atoms with van der Waals surface area (Å²) in [6, 6.07) is 0. The zero-order valence-corrected chi connectivity index (χ0v) is 10.1. The summed E-state index contributed by atoms with van der Waals surface area (Å²) in [5.41, 5.74) is 5.39. The maximum absolute atomic E-state index is 11.3. The molecule has 0 aliphatic rings. The normalized spacial score (nSPS) is 10.3. The quantitative estimate of drug-likeness (QED) is 0.548. The van der Waals surface area contributed by atoms with Gasteiger partial charge in [-0.1, -0.05) is 32.6 Å². The van der Waals surface area contributed by atoms with Gasteiger partial charge in [-0.2, -0.15) is 0 Å². The third kappa shape index (κ3) is 11.4. The van der Waals surface area contributed by atoms with Gasteiger partial charge in [0.1, 0.15) is 0 Å². The van der Waals surface area contributed by atoms with Crippen LogP contribution >= 0.6 is 0 Å². The van der Waals surface area contributed by atoms with E-state index in [0.29, 0.717) is 6.42 Å². The molecule has 0 aliphatic carbocycles. The Morgan fingerprint density at radius 2 is 1.80 bits per heavy atom. The molecule has 0 aromatic heterocycles. The Morgan fingerprint density at radius 1 is 1.07 bits per heavy atom. The highest BCUT2D eigenvalue weighted by Gasteiger charge is 1.98. The Labute approximate surface area is 93.8 Å². The molecule has 3 heteroatoms. The summed E-state index contributed by atoms with van der Waals surface area (Å²) in [5.74, 6) is 0.210. The maximum atomic E-state index is 11.3. The lowest BCUT2D eigenvalue weighted by Gasteiger charge is -2.04. The topological polar surface area (TPSA) is 55.1 Å². The highest BCUT2D eigenvalue weighted by molar-refractivity contribution is 5.75. The highest BCUT2D eigenvalue weighted by atomic mass is 16.1. The highest BCUT2D eigenvalue weighted by Crippen LogP contribution is 1.99. The molecule has 90 valence electrons. The van der Waals surface area contributed by atoms with E-state index >= 15 is 0 Å². The first-order valence-corrected chi connectivity index (χ1v) is 6.28. The number of rotatable bonds is 10. The maximum Gasteiger partial charge on any atom is 0.219 e. The Morgan fingerprint density at radius 3 is 2.47 bits per heavy atom. The largest absolute Gasteiger partial charge is 0.356 e. The van der Waals surface area contributed by atoms with Crippen molar-refractivity contribution in [2.75, 3.05) is 13.1 Å². The number of carbonyl (C=O) groups is 1. The molecule has 0 saturated heterocycles. The molecule has 3 N–H and O–H groups in total. The molecule has 0 aromatic rings. The molecule has 0 spiro atoms. The minimum absolute atomic E-state index is 0.210. The first kappa shape index (κ1) is 14.4. The molecular formula is C12H26N2O. The first-order chi connectivity index (χ1) is 7.31.